The fourth-order valence-electron chi connectivity index (χ4n) is 1.86. The molecule has 16 heavy (non-hydrogen) atoms. The van der Waals surface area contributed by atoms with Crippen LogP contribution < -0.4 is 5.32 Å². The van der Waals surface area contributed by atoms with Crippen LogP contribution in [-0.4, -0.2) is 61.2 Å². The number of rotatable bonds is 5. The van der Waals surface area contributed by atoms with Crippen LogP contribution in [0, 0.1) is 0 Å². The predicted molar refractivity (Wildman–Crippen MR) is 67.8 cm³/mol. The highest BCUT2D eigenvalue weighted by Crippen LogP contribution is 2.24. The average Bonchev–Trinajstić information content (AvgIpc) is 2.22. The Hall–Kier alpha value is -0.260. The molecule has 1 rings (SSSR count). The van der Waals surface area contributed by atoms with Crippen LogP contribution in [0.4, 0.5) is 0 Å². The molecule has 1 amide bonds. The lowest BCUT2D eigenvalue weighted by Gasteiger charge is -2.34. The number of amides is 1. The molecule has 94 valence electrons. The summed E-state index contributed by atoms with van der Waals surface area (Å²) in [6, 6.07) is 0. The maximum Gasteiger partial charge on any atom is 0.236 e. The van der Waals surface area contributed by atoms with E-state index in [0.717, 1.165) is 19.6 Å². The molecule has 1 N–H and O–H groups in total. The molecular weight excluding hydrogens is 224 g/mol. The van der Waals surface area contributed by atoms with Crippen molar-refractivity contribution in [1.82, 2.24) is 10.2 Å². The molecule has 2 unspecified atom stereocenters. The number of methoxy groups -OCH3 is 1. The maximum atomic E-state index is 11.9. The zero-order valence-electron chi connectivity index (χ0n) is 10.4. The third-order valence-electron chi connectivity index (χ3n) is 2.53. The molecule has 0 aromatic carbocycles. The van der Waals surface area contributed by atoms with Gasteiger partial charge in [0.05, 0.1) is 13.2 Å². The molecule has 0 aromatic heterocycles. The Morgan fingerprint density at radius 2 is 2.06 bits per heavy atom. The molecule has 5 heteroatoms. The summed E-state index contributed by atoms with van der Waals surface area (Å²) in [5, 5.41) is 4.19. The second kappa shape index (κ2) is 7.14. The Labute approximate surface area is 102 Å². The number of nitrogens with zero attached hydrogens (tertiary/aromatic N) is 1. The van der Waals surface area contributed by atoms with E-state index in [1.807, 2.05) is 16.7 Å². The van der Waals surface area contributed by atoms with Crippen molar-refractivity contribution >= 4 is 17.7 Å². The quantitative estimate of drug-likeness (QED) is 0.720. The van der Waals surface area contributed by atoms with Crippen LogP contribution in [0.15, 0.2) is 0 Å². The van der Waals surface area contributed by atoms with E-state index in [0.29, 0.717) is 23.7 Å². The molecule has 1 saturated heterocycles. The highest BCUT2D eigenvalue weighted by molar-refractivity contribution is 8.00. The molecule has 0 aliphatic carbocycles. The van der Waals surface area contributed by atoms with E-state index in [-0.39, 0.29) is 5.91 Å². The summed E-state index contributed by atoms with van der Waals surface area (Å²) in [5.74, 6) is 0.204. The van der Waals surface area contributed by atoms with E-state index in [1.165, 1.54) is 0 Å². The van der Waals surface area contributed by atoms with Gasteiger partial charge in [-0.25, -0.2) is 0 Å². The lowest BCUT2D eigenvalue weighted by atomic mass is 10.3. The molecule has 1 fully saturated rings. The third-order valence-corrected chi connectivity index (χ3v) is 3.76. The Balaban J connectivity index is 2.24. The van der Waals surface area contributed by atoms with Gasteiger partial charge in [-0.3, -0.25) is 4.79 Å². The van der Waals surface area contributed by atoms with Gasteiger partial charge < -0.3 is 15.0 Å². The van der Waals surface area contributed by atoms with E-state index in [9.17, 15) is 4.79 Å². The summed E-state index contributed by atoms with van der Waals surface area (Å²) >= 11 is 1.96. The average molecular weight is 246 g/mol. The number of ether oxygens (including phenoxy) is 1. The third kappa shape index (κ3) is 4.72. The Morgan fingerprint density at radius 3 is 2.62 bits per heavy atom. The highest BCUT2D eigenvalue weighted by atomic mass is 32.2. The van der Waals surface area contributed by atoms with Crippen molar-refractivity contribution in [3.05, 3.63) is 0 Å². The van der Waals surface area contributed by atoms with E-state index < -0.39 is 0 Å². The Kier molecular flexibility index (Phi) is 6.16. The lowest BCUT2D eigenvalue weighted by molar-refractivity contribution is -0.130. The minimum absolute atomic E-state index is 0.204. The van der Waals surface area contributed by atoms with Gasteiger partial charge in [0.25, 0.3) is 0 Å². The van der Waals surface area contributed by atoms with Crippen LogP contribution in [0.3, 0.4) is 0 Å². The molecule has 1 aliphatic heterocycles. The molecule has 0 aromatic rings. The van der Waals surface area contributed by atoms with Gasteiger partial charge in [0.2, 0.25) is 5.91 Å². The molecule has 0 radical (unpaired) electrons. The Bertz CT molecular complexity index is 216. The summed E-state index contributed by atoms with van der Waals surface area (Å²) in [6.07, 6.45) is 0. The number of hydrogen-bond donors (Lipinski definition) is 1. The fourth-order valence-corrected chi connectivity index (χ4v) is 3.19. The first-order valence-corrected chi connectivity index (χ1v) is 6.70. The molecule has 4 nitrogen and oxygen atoms in total. The molecule has 1 aliphatic rings. The van der Waals surface area contributed by atoms with Crippen LogP contribution in [0.25, 0.3) is 0 Å². The second-order valence-electron chi connectivity index (χ2n) is 4.23. The fraction of sp³-hybridized carbons (Fsp3) is 0.909. The van der Waals surface area contributed by atoms with Gasteiger partial charge in [-0.1, -0.05) is 13.8 Å². The number of thioether (sulfide) groups is 1. The minimum atomic E-state index is 0.204. The van der Waals surface area contributed by atoms with Crippen LogP contribution in [0.1, 0.15) is 13.8 Å². The zero-order chi connectivity index (χ0) is 12.0. The van der Waals surface area contributed by atoms with E-state index in [4.69, 9.17) is 4.74 Å². The normalized spacial score (nSPS) is 25.8. The smallest absolute Gasteiger partial charge is 0.236 e. The van der Waals surface area contributed by atoms with Crippen molar-refractivity contribution in [3.8, 4) is 0 Å². The SMILES string of the molecule is COCCNCC(=O)N1CC(C)SC(C)C1. The van der Waals surface area contributed by atoms with E-state index in [2.05, 4.69) is 19.2 Å². The molecule has 0 saturated carbocycles. The zero-order valence-corrected chi connectivity index (χ0v) is 11.2. The van der Waals surface area contributed by atoms with Crippen molar-refractivity contribution in [2.24, 2.45) is 0 Å². The number of carbonyl (C=O) groups is 1. The maximum absolute atomic E-state index is 11.9. The standard InChI is InChI=1S/C11H22N2O2S/c1-9-7-13(8-10(2)16-9)11(14)6-12-4-5-15-3/h9-10,12H,4-8H2,1-3H3. The van der Waals surface area contributed by atoms with Gasteiger partial charge >= 0.3 is 0 Å². The van der Waals surface area contributed by atoms with Crippen LogP contribution in [0.5, 0.6) is 0 Å². The molecular formula is C11H22N2O2S. The summed E-state index contributed by atoms with van der Waals surface area (Å²) in [7, 11) is 1.66. The predicted octanol–water partition coefficient (Wildman–Crippen LogP) is 0.575. The van der Waals surface area contributed by atoms with Crippen LogP contribution in [-0.2, 0) is 9.53 Å². The van der Waals surface area contributed by atoms with Crippen molar-refractivity contribution in [2.75, 3.05) is 39.9 Å². The van der Waals surface area contributed by atoms with Crippen molar-refractivity contribution in [3.63, 3.8) is 0 Å². The summed E-state index contributed by atoms with van der Waals surface area (Å²) < 4.78 is 4.91. The van der Waals surface area contributed by atoms with Gasteiger partial charge in [0.1, 0.15) is 0 Å². The van der Waals surface area contributed by atoms with E-state index >= 15 is 0 Å². The first-order valence-electron chi connectivity index (χ1n) is 5.76. The van der Waals surface area contributed by atoms with Crippen LogP contribution in [0.2, 0.25) is 0 Å². The van der Waals surface area contributed by atoms with Crippen molar-refractivity contribution < 1.29 is 9.53 Å². The molecule has 0 bridgehead atoms. The van der Waals surface area contributed by atoms with Gasteiger partial charge in [-0.05, 0) is 0 Å². The van der Waals surface area contributed by atoms with Crippen molar-refractivity contribution in [1.29, 1.82) is 0 Å². The molecule has 1 heterocycles. The van der Waals surface area contributed by atoms with E-state index in [1.54, 1.807) is 7.11 Å². The first kappa shape index (κ1) is 13.8. The summed E-state index contributed by atoms with van der Waals surface area (Å²) in [5.41, 5.74) is 0. The topological polar surface area (TPSA) is 41.6 Å². The lowest BCUT2D eigenvalue weighted by Crippen LogP contribution is -2.47. The second-order valence-corrected chi connectivity index (χ2v) is 6.11. The largest absolute Gasteiger partial charge is 0.383 e. The summed E-state index contributed by atoms with van der Waals surface area (Å²) in [6.45, 7) is 7.91. The van der Waals surface area contributed by atoms with Crippen molar-refractivity contribution in [2.45, 2.75) is 24.3 Å². The van der Waals surface area contributed by atoms with Gasteiger partial charge in [-0.2, -0.15) is 11.8 Å². The molecule has 2 atom stereocenters. The Morgan fingerprint density at radius 1 is 1.44 bits per heavy atom. The van der Waals surface area contributed by atoms with Gasteiger partial charge in [0.15, 0.2) is 0 Å². The van der Waals surface area contributed by atoms with Crippen LogP contribution >= 0.6 is 11.8 Å². The first-order chi connectivity index (χ1) is 7.63. The van der Waals surface area contributed by atoms with Gasteiger partial charge in [-0.15, -0.1) is 0 Å². The summed E-state index contributed by atoms with van der Waals surface area (Å²) in [4.78, 5) is 13.8. The number of carbonyl (C=O) groups excluding carboxylic acids is 1. The number of nitrogens with one attached hydrogen (secondary N) is 1. The van der Waals surface area contributed by atoms with Gasteiger partial charge in [0, 0.05) is 37.2 Å². The minimum Gasteiger partial charge on any atom is -0.383 e. The highest BCUT2D eigenvalue weighted by Gasteiger charge is 2.25. The molecule has 0 spiro atoms. The number of hydrogen-bond acceptors (Lipinski definition) is 4. The monoisotopic (exact) mass is 246 g/mol.